The summed E-state index contributed by atoms with van der Waals surface area (Å²) in [5.41, 5.74) is 3.12. The summed E-state index contributed by atoms with van der Waals surface area (Å²) in [7, 11) is 0. The van der Waals surface area contributed by atoms with Crippen molar-refractivity contribution in [3.63, 3.8) is 0 Å². The lowest BCUT2D eigenvalue weighted by Gasteiger charge is -2.27. The van der Waals surface area contributed by atoms with Crippen molar-refractivity contribution >= 4 is 0 Å². The third kappa shape index (κ3) is 3.24. The number of likely N-dealkylation sites (tertiary alicyclic amines) is 1. The smallest absolute Gasteiger partial charge is 0.0323 e. The molecule has 0 saturated carbocycles. The summed E-state index contributed by atoms with van der Waals surface area (Å²) in [6.07, 6.45) is 8.02. The van der Waals surface area contributed by atoms with Crippen LogP contribution in [0.15, 0.2) is 24.3 Å². The Morgan fingerprint density at radius 2 is 1.95 bits per heavy atom. The fourth-order valence-corrected chi connectivity index (χ4v) is 3.76. The van der Waals surface area contributed by atoms with Crippen LogP contribution in [0.25, 0.3) is 0 Å². The molecular weight excluding hydrogens is 244 g/mol. The summed E-state index contributed by atoms with van der Waals surface area (Å²) in [5.74, 6) is 0. The second kappa shape index (κ2) is 6.73. The predicted octanol–water partition coefficient (Wildman–Crippen LogP) is 3.53. The zero-order valence-electron chi connectivity index (χ0n) is 12.8. The average molecular weight is 272 g/mol. The van der Waals surface area contributed by atoms with Gasteiger partial charge in [0, 0.05) is 18.6 Å². The SMILES string of the molecule is CC(CNC1CCCCc2ccccc21)N1CCCC1. The highest BCUT2D eigenvalue weighted by Gasteiger charge is 2.21. The van der Waals surface area contributed by atoms with Crippen molar-refractivity contribution in [2.75, 3.05) is 19.6 Å². The second-order valence-corrected chi connectivity index (χ2v) is 6.50. The third-order valence-corrected chi connectivity index (χ3v) is 5.04. The first-order chi connectivity index (χ1) is 9.84. The van der Waals surface area contributed by atoms with Crippen LogP contribution in [0.1, 0.15) is 56.2 Å². The molecule has 1 aromatic carbocycles. The fourth-order valence-electron chi connectivity index (χ4n) is 3.76. The number of nitrogens with zero attached hydrogens (tertiary/aromatic N) is 1. The number of hydrogen-bond acceptors (Lipinski definition) is 2. The molecule has 1 N–H and O–H groups in total. The van der Waals surface area contributed by atoms with Gasteiger partial charge in [-0.05, 0) is 63.2 Å². The molecule has 1 heterocycles. The van der Waals surface area contributed by atoms with Crippen LogP contribution in [0.4, 0.5) is 0 Å². The molecule has 0 aromatic heterocycles. The minimum absolute atomic E-state index is 0.568. The molecule has 0 radical (unpaired) electrons. The predicted molar refractivity (Wildman–Crippen MR) is 85.0 cm³/mol. The molecule has 1 aliphatic heterocycles. The van der Waals surface area contributed by atoms with E-state index < -0.39 is 0 Å². The van der Waals surface area contributed by atoms with Gasteiger partial charge >= 0.3 is 0 Å². The molecule has 1 fully saturated rings. The summed E-state index contributed by atoms with van der Waals surface area (Å²) >= 11 is 0. The van der Waals surface area contributed by atoms with Crippen molar-refractivity contribution in [1.29, 1.82) is 0 Å². The Morgan fingerprint density at radius 1 is 1.15 bits per heavy atom. The first-order valence-electron chi connectivity index (χ1n) is 8.40. The maximum absolute atomic E-state index is 3.85. The molecule has 2 heteroatoms. The van der Waals surface area contributed by atoms with Gasteiger partial charge in [-0.15, -0.1) is 0 Å². The summed E-state index contributed by atoms with van der Waals surface area (Å²) in [6.45, 7) is 6.09. The largest absolute Gasteiger partial charge is 0.308 e. The molecule has 0 bridgehead atoms. The minimum atomic E-state index is 0.568. The first kappa shape index (κ1) is 14.1. The normalized spacial score (nSPS) is 25.1. The van der Waals surface area contributed by atoms with Crippen LogP contribution < -0.4 is 5.32 Å². The summed E-state index contributed by atoms with van der Waals surface area (Å²) in [6, 6.07) is 10.3. The Morgan fingerprint density at radius 3 is 2.80 bits per heavy atom. The topological polar surface area (TPSA) is 15.3 Å². The second-order valence-electron chi connectivity index (χ2n) is 6.50. The van der Waals surface area contributed by atoms with Crippen LogP contribution in [0, 0.1) is 0 Å². The average Bonchev–Trinajstić information content (AvgIpc) is 2.93. The monoisotopic (exact) mass is 272 g/mol. The number of nitrogens with one attached hydrogen (secondary N) is 1. The van der Waals surface area contributed by atoms with Crippen LogP contribution >= 0.6 is 0 Å². The van der Waals surface area contributed by atoms with Crippen molar-refractivity contribution in [3.8, 4) is 0 Å². The van der Waals surface area contributed by atoms with Crippen LogP contribution in [-0.4, -0.2) is 30.6 Å². The lowest BCUT2D eigenvalue weighted by atomic mass is 9.99. The molecule has 20 heavy (non-hydrogen) atoms. The van der Waals surface area contributed by atoms with Crippen LogP contribution in [0.3, 0.4) is 0 Å². The van der Waals surface area contributed by atoms with Crippen molar-refractivity contribution < 1.29 is 0 Å². The van der Waals surface area contributed by atoms with Crippen LogP contribution in [0.2, 0.25) is 0 Å². The van der Waals surface area contributed by atoms with Gasteiger partial charge in [0.2, 0.25) is 0 Å². The van der Waals surface area contributed by atoms with E-state index in [1.165, 1.54) is 51.6 Å². The zero-order chi connectivity index (χ0) is 13.8. The Kier molecular flexibility index (Phi) is 4.74. The standard InChI is InChI=1S/C18H28N2/c1-15(20-12-6-7-13-20)14-19-18-11-5-3-9-16-8-2-4-10-17(16)18/h2,4,8,10,15,18-19H,3,5-7,9,11-14H2,1H3. The van der Waals surface area contributed by atoms with Gasteiger partial charge in [-0.1, -0.05) is 30.7 Å². The number of benzene rings is 1. The van der Waals surface area contributed by atoms with E-state index in [0.29, 0.717) is 12.1 Å². The van der Waals surface area contributed by atoms with Crippen molar-refractivity contribution in [2.45, 2.75) is 57.5 Å². The summed E-state index contributed by atoms with van der Waals surface area (Å²) in [4.78, 5) is 2.63. The lowest BCUT2D eigenvalue weighted by Crippen LogP contribution is -2.39. The summed E-state index contributed by atoms with van der Waals surface area (Å²) < 4.78 is 0. The van der Waals surface area contributed by atoms with E-state index >= 15 is 0 Å². The molecule has 3 rings (SSSR count). The molecular formula is C18H28N2. The molecule has 0 amide bonds. The summed E-state index contributed by atoms with van der Waals surface area (Å²) in [5, 5.41) is 3.85. The minimum Gasteiger partial charge on any atom is -0.308 e. The van der Waals surface area contributed by atoms with E-state index in [1.807, 2.05) is 0 Å². The van der Waals surface area contributed by atoms with E-state index in [1.54, 1.807) is 11.1 Å². The Labute approximate surface area is 123 Å². The molecule has 2 aliphatic rings. The van der Waals surface area contributed by atoms with Crippen molar-refractivity contribution in [3.05, 3.63) is 35.4 Å². The molecule has 1 aliphatic carbocycles. The molecule has 2 nitrogen and oxygen atoms in total. The van der Waals surface area contributed by atoms with Crippen molar-refractivity contribution in [1.82, 2.24) is 10.2 Å². The molecule has 110 valence electrons. The van der Waals surface area contributed by atoms with Crippen molar-refractivity contribution in [2.24, 2.45) is 0 Å². The van der Waals surface area contributed by atoms with E-state index in [4.69, 9.17) is 0 Å². The molecule has 0 spiro atoms. The van der Waals surface area contributed by atoms with Crippen LogP contribution in [0.5, 0.6) is 0 Å². The van der Waals surface area contributed by atoms with Gasteiger partial charge in [0.15, 0.2) is 0 Å². The third-order valence-electron chi connectivity index (χ3n) is 5.04. The fraction of sp³-hybridized carbons (Fsp3) is 0.667. The lowest BCUT2D eigenvalue weighted by molar-refractivity contribution is 0.244. The van der Waals surface area contributed by atoms with Gasteiger partial charge in [-0.25, -0.2) is 0 Å². The Balaban J connectivity index is 1.61. The van der Waals surface area contributed by atoms with Gasteiger partial charge < -0.3 is 5.32 Å². The Hall–Kier alpha value is -0.860. The number of aryl methyl sites for hydroxylation is 1. The van der Waals surface area contributed by atoms with E-state index in [9.17, 15) is 0 Å². The first-order valence-corrected chi connectivity index (χ1v) is 8.40. The molecule has 2 unspecified atom stereocenters. The van der Waals surface area contributed by atoms with Gasteiger partial charge in [0.1, 0.15) is 0 Å². The zero-order valence-corrected chi connectivity index (χ0v) is 12.8. The van der Waals surface area contributed by atoms with E-state index in [-0.39, 0.29) is 0 Å². The highest BCUT2D eigenvalue weighted by atomic mass is 15.2. The quantitative estimate of drug-likeness (QED) is 0.844. The van der Waals surface area contributed by atoms with Gasteiger partial charge in [-0.2, -0.15) is 0 Å². The number of hydrogen-bond donors (Lipinski definition) is 1. The van der Waals surface area contributed by atoms with E-state index in [0.717, 1.165) is 6.54 Å². The van der Waals surface area contributed by atoms with Gasteiger partial charge in [0.25, 0.3) is 0 Å². The Bertz CT molecular complexity index is 423. The van der Waals surface area contributed by atoms with E-state index in [2.05, 4.69) is 41.4 Å². The van der Waals surface area contributed by atoms with Crippen LogP contribution in [-0.2, 0) is 6.42 Å². The van der Waals surface area contributed by atoms with Gasteiger partial charge in [0.05, 0.1) is 0 Å². The highest BCUT2D eigenvalue weighted by molar-refractivity contribution is 5.31. The highest BCUT2D eigenvalue weighted by Crippen LogP contribution is 2.28. The molecule has 2 atom stereocenters. The van der Waals surface area contributed by atoms with Gasteiger partial charge in [-0.3, -0.25) is 4.90 Å². The molecule has 1 aromatic rings. The maximum atomic E-state index is 3.85. The number of rotatable bonds is 4. The number of fused-ring (bicyclic) bond motifs is 1. The molecule has 1 saturated heterocycles. The maximum Gasteiger partial charge on any atom is 0.0323 e.